The first-order chi connectivity index (χ1) is 11.9. The van der Waals surface area contributed by atoms with Gasteiger partial charge in [0.1, 0.15) is 11.6 Å². The van der Waals surface area contributed by atoms with Crippen molar-refractivity contribution in [1.29, 1.82) is 0 Å². The molecule has 0 radical (unpaired) electrons. The second kappa shape index (κ2) is 6.83. The summed E-state index contributed by atoms with van der Waals surface area (Å²) in [6.45, 7) is 2.89. The molecule has 1 saturated heterocycles. The van der Waals surface area contributed by atoms with Crippen LogP contribution in [0.5, 0.6) is 0 Å². The van der Waals surface area contributed by atoms with Crippen LogP contribution >= 0.6 is 0 Å². The summed E-state index contributed by atoms with van der Waals surface area (Å²) in [7, 11) is 0. The lowest BCUT2D eigenvalue weighted by molar-refractivity contribution is 0.474. The van der Waals surface area contributed by atoms with E-state index in [0.717, 1.165) is 25.5 Å². The molecule has 5 nitrogen and oxygen atoms in total. The molecule has 24 heavy (non-hydrogen) atoms. The van der Waals surface area contributed by atoms with E-state index in [1.165, 1.54) is 24.2 Å². The number of pyridine rings is 2. The van der Waals surface area contributed by atoms with E-state index in [-0.39, 0.29) is 0 Å². The normalized spacial score (nSPS) is 17.8. The number of piperidine rings is 1. The van der Waals surface area contributed by atoms with Gasteiger partial charge in [0.2, 0.25) is 0 Å². The largest absolute Gasteiger partial charge is 0.356 e. The molecule has 122 valence electrons. The van der Waals surface area contributed by atoms with E-state index >= 15 is 0 Å². The minimum absolute atomic E-state index is 0.442. The van der Waals surface area contributed by atoms with Crippen molar-refractivity contribution >= 4 is 5.82 Å². The lowest BCUT2D eigenvalue weighted by atomic mass is 9.97. The van der Waals surface area contributed by atoms with Gasteiger partial charge in [0.25, 0.3) is 0 Å². The van der Waals surface area contributed by atoms with Crippen LogP contribution in [0.15, 0.2) is 61.3 Å². The summed E-state index contributed by atoms with van der Waals surface area (Å²) in [5.41, 5.74) is 1.25. The van der Waals surface area contributed by atoms with Crippen LogP contribution in [0.2, 0.25) is 0 Å². The summed E-state index contributed by atoms with van der Waals surface area (Å²) in [6.07, 6.45) is 11.9. The van der Waals surface area contributed by atoms with E-state index in [9.17, 15) is 0 Å². The highest BCUT2D eigenvalue weighted by Crippen LogP contribution is 2.28. The molecule has 0 amide bonds. The van der Waals surface area contributed by atoms with Crippen molar-refractivity contribution < 1.29 is 0 Å². The molecule has 1 fully saturated rings. The predicted octanol–water partition coefficient (Wildman–Crippen LogP) is 3.11. The fourth-order valence-electron chi connectivity index (χ4n) is 3.44. The molecule has 0 aromatic carbocycles. The second-order valence-corrected chi connectivity index (χ2v) is 6.24. The minimum atomic E-state index is 0.442. The Morgan fingerprint density at radius 3 is 2.75 bits per heavy atom. The zero-order valence-corrected chi connectivity index (χ0v) is 13.6. The van der Waals surface area contributed by atoms with Gasteiger partial charge >= 0.3 is 0 Å². The van der Waals surface area contributed by atoms with Crippen molar-refractivity contribution in [3.63, 3.8) is 0 Å². The molecule has 0 bridgehead atoms. The summed E-state index contributed by atoms with van der Waals surface area (Å²) < 4.78 is 2.27. The van der Waals surface area contributed by atoms with Crippen LogP contribution in [0, 0.1) is 0 Å². The van der Waals surface area contributed by atoms with Crippen LogP contribution in [0.25, 0.3) is 0 Å². The maximum absolute atomic E-state index is 4.66. The predicted molar refractivity (Wildman–Crippen MR) is 94.0 cm³/mol. The summed E-state index contributed by atoms with van der Waals surface area (Å²) >= 11 is 0. The summed E-state index contributed by atoms with van der Waals surface area (Å²) in [5, 5.41) is 0. The molecule has 4 heterocycles. The number of hydrogen-bond acceptors (Lipinski definition) is 4. The van der Waals surface area contributed by atoms with Crippen molar-refractivity contribution in [2.24, 2.45) is 0 Å². The fraction of sp³-hybridized carbons (Fsp3) is 0.316. The van der Waals surface area contributed by atoms with E-state index in [1.807, 2.05) is 30.9 Å². The van der Waals surface area contributed by atoms with Crippen molar-refractivity contribution in [3.05, 3.63) is 72.7 Å². The third kappa shape index (κ3) is 3.15. The first-order valence-electron chi connectivity index (χ1n) is 8.46. The lowest BCUT2D eigenvalue weighted by Crippen LogP contribution is -2.35. The van der Waals surface area contributed by atoms with E-state index < -0.39 is 0 Å². The van der Waals surface area contributed by atoms with Crippen LogP contribution in [-0.4, -0.2) is 32.6 Å². The monoisotopic (exact) mass is 319 g/mol. The molecular formula is C19H21N5. The van der Waals surface area contributed by atoms with Gasteiger partial charge in [0.05, 0.1) is 0 Å². The van der Waals surface area contributed by atoms with E-state index in [4.69, 9.17) is 0 Å². The van der Waals surface area contributed by atoms with Crippen LogP contribution in [0.4, 0.5) is 5.82 Å². The van der Waals surface area contributed by atoms with Crippen LogP contribution < -0.4 is 4.90 Å². The zero-order chi connectivity index (χ0) is 16.2. The van der Waals surface area contributed by atoms with E-state index in [1.54, 1.807) is 0 Å². The van der Waals surface area contributed by atoms with Gasteiger partial charge in [-0.2, -0.15) is 0 Å². The average Bonchev–Trinajstić information content (AvgIpc) is 3.12. The van der Waals surface area contributed by atoms with Crippen LogP contribution in [0.1, 0.15) is 30.1 Å². The summed E-state index contributed by atoms with van der Waals surface area (Å²) in [5.74, 6) is 2.68. The van der Waals surface area contributed by atoms with Crippen molar-refractivity contribution in [2.45, 2.75) is 25.3 Å². The van der Waals surface area contributed by atoms with Crippen molar-refractivity contribution in [2.75, 3.05) is 18.0 Å². The molecule has 1 aliphatic heterocycles. The number of nitrogens with zero attached hydrogens (tertiary/aromatic N) is 5. The summed E-state index contributed by atoms with van der Waals surface area (Å²) in [4.78, 5) is 15.6. The van der Waals surface area contributed by atoms with Crippen molar-refractivity contribution in [1.82, 2.24) is 19.5 Å². The molecule has 5 heteroatoms. The van der Waals surface area contributed by atoms with Gasteiger partial charge in [-0.3, -0.25) is 4.98 Å². The Morgan fingerprint density at radius 2 is 1.92 bits per heavy atom. The highest BCUT2D eigenvalue weighted by Gasteiger charge is 2.25. The number of rotatable bonds is 4. The second-order valence-electron chi connectivity index (χ2n) is 6.24. The number of hydrogen-bond donors (Lipinski definition) is 0. The number of aromatic nitrogens is 4. The molecule has 4 rings (SSSR count). The van der Waals surface area contributed by atoms with Crippen LogP contribution in [-0.2, 0) is 6.54 Å². The molecule has 0 saturated carbocycles. The van der Waals surface area contributed by atoms with E-state index in [2.05, 4.69) is 54.9 Å². The topological polar surface area (TPSA) is 46.8 Å². The van der Waals surface area contributed by atoms with Gasteiger partial charge in [-0.25, -0.2) is 9.97 Å². The third-order valence-electron chi connectivity index (χ3n) is 4.61. The van der Waals surface area contributed by atoms with Gasteiger partial charge in [0.15, 0.2) is 0 Å². The van der Waals surface area contributed by atoms with Gasteiger partial charge in [0, 0.05) is 56.5 Å². The van der Waals surface area contributed by atoms with Crippen LogP contribution in [0.3, 0.4) is 0 Å². The Hall–Kier alpha value is -2.69. The minimum Gasteiger partial charge on any atom is -0.356 e. The molecule has 0 aliphatic carbocycles. The smallest absolute Gasteiger partial charge is 0.128 e. The Bertz CT molecular complexity index is 769. The maximum Gasteiger partial charge on any atom is 0.128 e. The molecule has 0 unspecified atom stereocenters. The SMILES string of the molecule is c1ccc(N2CCC[C@H](c3nccn3Cc3ccncc3)C2)nc1. The molecular weight excluding hydrogens is 298 g/mol. The number of anilines is 1. The Labute approximate surface area is 142 Å². The highest BCUT2D eigenvalue weighted by atomic mass is 15.2. The molecule has 1 atom stereocenters. The first-order valence-corrected chi connectivity index (χ1v) is 8.46. The Kier molecular flexibility index (Phi) is 4.23. The van der Waals surface area contributed by atoms with Gasteiger partial charge in [-0.1, -0.05) is 6.07 Å². The molecule has 0 spiro atoms. The molecule has 3 aromatic heterocycles. The lowest BCUT2D eigenvalue weighted by Gasteiger charge is -2.33. The maximum atomic E-state index is 4.66. The van der Waals surface area contributed by atoms with E-state index in [0.29, 0.717) is 5.92 Å². The molecule has 3 aromatic rings. The van der Waals surface area contributed by atoms with Crippen molar-refractivity contribution in [3.8, 4) is 0 Å². The third-order valence-corrected chi connectivity index (χ3v) is 4.61. The zero-order valence-electron chi connectivity index (χ0n) is 13.6. The fourth-order valence-corrected chi connectivity index (χ4v) is 3.44. The highest BCUT2D eigenvalue weighted by molar-refractivity contribution is 5.39. The first kappa shape index (κ1) is 14.9. The van der Waals surface area contributed by atoms with Gasteiger partial charge in [-0.15, -0.1) is 0 Å². The Balaban J connectivity index is 1.53. The van der Waals surface area contributed by atoms with Gasteiger partial charge in [-0.05, 0) is 42.7 Å². The average molecular weight is 319 g/mol. The quantitative estimate of drug-likeness (QED) is 0.741. The standard InChI is InChI=1S/C19H21N5/c1-2-8-21-18(5-1)23-12-3-4-17(15-23)19-22-11-13-24(19)14-16-6-9-20-10-7-16/h1-2,5-11,13,17H,3-4,12,14-15H2/t17-/m0/s1. The molecule has 1 aliphatic rings. The number of imidazole rings is 1. The van der Waals surface area contributed by atoms with Gasteiger partial charge < -0.3 is 9.47 Å². The molecule has 0 N–H and O–H groups in total. The summed E-state index contributed by atoms with van der Waals surface area (Å²) in [6, 6.07) is 10.2. The Morgan fingerprint density at radius 1 is 1.00 bits per heavy atom.